The molecule has 0 amide bonds. The Hall–Kier alpha value is -2.28. The molecule has 0 radical (unpaired) electrons. The summed E-state index contributed by atoms with van der Waals surface area (Å²) in [5.41, 5.74) is 6.89. The molecule has 2 aliphatic rings. The van der Waals surface area contributed by atoms with Gasteiger partial charge in [0.05, 0.1) is 7.11 Å². The molecule has 2 aromatic carbocycles. The van der Waals surface area contributed by atoms with Crippen molar-refractivity contribution >= 4 is 0 Å². The second-order valence-corrected chi connectivity index (χ2v) is 7.55. The molecule has 0 fully saturated rings. The van der Waals surface area contributed by atoms with Gasteiger partial charge in [0.2, 0.25) is 0 Å². The van der Waals surface area contributed by atoms with E-state index in [-0.39, 0.29) is 5.41 Å². The lowest BCUT2D eigenvalue weighted by Gasteiger charge is -2.30. The Kier molecular flexibility index (Phi) is 3.42. The molecule has 0 saturated carbocycles. The first-order chi connectivity index (χ1) is 11.5. The summed E-state index contributed by atoms with van der Waals surface area (Å²) in [5, 5.41) is 0. The molecule has 2 aromatic rings. The average Bonchev–Trinajstić information content (AvgIpc) is 2.81. The Morgan fingerprint density at radius 1 is 1.04 bits per heavy atom. The van der Waals surface area contributed by atoms with Gasteiger partial charge >= 0.3 is 0 Å². The first kappa shape index (κ1) is 15.3. The average molecular weight is 316 g/mol. The normalized spacial score (nSPS) is 23.4. The van der Waals surface area contributed by atoms with Gasteiger partial charge in [0.15, 0.2) is 0 Å². The fourth-order valence-corrected chi connectivity index (χ4v) is 4.45. The van der Waals surface area contributed by atoms with Crippen molar-refractivity contribution in [1.82, 2.24) is 0 Å². The van der Waals surface area contributed by atoms with Gasteiger partial charge in [-0.3, -0.25) is 0 Å². The monoisotopic (exact) mass is 316 g/mol. The number of rotatable bonds is 2. The Balaban J connectivity index is 1.88. The third-order valence-corrected chi connectivity index (χ3v) is 5.75. The number of hydrogen-bond donors (Lipinski definition) is 0. The summed E-state index contributed by atoms with van der Waals surface area (Å²) in [6.45, 7) is 6.94. The topological polar surface area (TPSA) is 9.23 Å². The minimum atomic E-state index is 0.174. The van der Waals surface area contributed by atoms with E-state index < -0.39 is 0 Å². The van der Waals surface area contributed by atoms with Crippen molar-refractivity contribution in [1.29, 1.82) is 0 Å². The number of hydrogen-bond acceptors (Lipinski definition) is 1. The number of para-hydroxylation sites is 1. The number of allylic oxidation sites excluding steroid dienone is 4. The first-order valence-corrected chi connectivity index (χ1v) is 8.67. The quantitative estimate of drug-likeness (QED) is 0.673. The minimum absolute atomic E-state index is 0.174. The van der Waals surface area contributed by atoms with Crippen LogP contribution in [0.1, 0.15) is 37.8 Å². The van der Waals surface area contributed by atoms with E-state index in [0.29, 0.717) is 11.8 Å². The highest BCUT2D eigenvalue weighted by Crippen LogP contribution is 2.54. The van der Waals surface area contributed by atoms with E-state index in [2.05, 4.69) is 69.3 Å². The van der Waals surface area contributed by atoms with E-state index in [4.69, 9.17) is 4.74 Å². The number of fused-ring (bicyclic) bond motifs is 3. The van der Waals surface area contributed by atoms with E-state index in [0.717, 1.165) is 11.3 Å². The summed E-state index contributed by atoms with van der Waals surface area (Å²) in [7, 11) is 1.74. The molecule has 1 heteroatoms. The molecule has 2 aliphatic carbocycles. The largest absolute Gasteiger partial charge is 0.496 e. The van der Waals surface area contributed by atoms with Crippen molar-refractivity contribution in [3.63, 3.8) is 0 Å². The zero-order valence-electron chi connectivity index (χ0n) is 14.8. The number of ether oxygens (including phenoxy) is 1. The highest BCUT2D eigenvalue weighted by atomic mass is 16.5. The smallest absolute Gasteiger partial charge is 0.126 e. The molecule has 2 unspecified atom stereocenters. The molecule has 0 bridgehead atoms. The van der Waals surface area contributed by atoms with Gasteiger partial charge in [-0.25, -0.2) is 0 Å². The van der Waals surface area contributed by atoms with Gasteiger partial charge in [-0.15, -0.1) is 0 Å². The Labute approximate surface area is 144 Å². The van der Waals surface area contributed by atoms with Crippen LogP contribution in [0.25, 0.3) is 11.1 Å². The van der Waals surface area contributed by atoms with Gasteiger partial charge in [-0.05, 0) is 41.0 Å². The third-order valence-electron chi connectivity index (χ3n) is 5.75. The summed E-state index contributed by atoms with van der Waals surface area (Å²) in [4.78, 5) is 0. The van der Waals surface area contributed by atoms with Crippen molar-refractivity contribution in [2.24, 2.45) is 5.92 Å². The van der Waals surface area contributed by atoms with Crippen molar-refractivity contribution in [3.05, 3.63) is 77.4 Å². The Bertz CT molecular complexity index is 854. The molecule has 1 nitrogen and oxygen atoms in total. The molecule has 0 heterocycles. The molecule has 0 spiro atoms. The van der Waals surface area contributed by atoms with E-state index in [1.807, 2.05) is 12.1 Å². The standard InChI is InChI=1S/C23H24O/c1-15-9-11-20-18(13-15)19-14-16(10-12-21(19)23(20,2)3)17-7-5-6-8-22(17)24-4/h5-14,18,20H,1-4H3. The summed E-state index contributed by atoms with van der Waals surface area (Å²) in [5.74, 6) is 1.96. The second kappa shape index (κ2) is 5.37. The Morgan fingerprint density at radius 2 is 1.83 bits per heavy atom. The lowest BCUT2D eigenvalue weighted by atomic mass is 9.74. The van der Waals surface area contributed by atoms with Crippen LogP contribution in [0, 0.1) is 5.92 Å². The van der Waals surface area contributed by atoms with Gasteiger partial charge in [0.25, 0.3) is 0 Å². The van der Waals surface area contributed by atoms with E-state index in [9.17, 15) is 0 Å². The zero-order valence-corrected chi connectivity index (χ0v) is 14.8. The lowest BCUT2D eigenvalue weighted by molar-refractivity contribution is 0.393. The molecule has 24 heavy (non-hydrogen) atoms. The fourth-order valence-electron chi connectivity index (χ4n) is 4.45. The van der Waals surface area contributed by atoms with E-state index >= 15 is 0 Å². The zero-order chi connectivity index (χ0) is 16.9. The SMILES string of the molecule is COc1ccccc1-c1ccc2c(c1)C1C=C(C)C=CC1C2(C)C. The summed E-state index contributed by atoms with van der Waals surface area (Å²) < 4.78 is 5.56. The second-order valence-electron chi connectivity index (χ2n) is 7.55. The lowest BCUT2D eigenvalue weighted by Crippen LogP contribution is -2.24. The molecule has 0 aliphatic heterocycles. The van der Waals surface area contributed by atoms with Crippen LogP contribution < -0.4 is 4.74 Å². The van der Waals surface area contributed by atoms with Crippen molar-refractivity contribution in [2.75, 3.05) is 7.11 Å². The molecular formula is C23H24O. The fraction of sp³-hybridized carbons (Fsp3) is 0.304. The van der Waals surface area contributed by atoms with Crippen LogP contribution >= 0.6 is 0 Å². The van der Waals surface area contributed by atoms with E-state index in [1.165, 1.54) is 22.3 Å². The molecular weight excluding hydrogens is 292 g/mol. The van der Waals surface area contributed by atoms with E-state index in [1.54, 1.807) is 7.11 Å². The highest BCUT2D eigenvalue weighted by molar-refractivity contribution is 5.72. The summed E-state index contributed by atoms with van der Waals surface area (Å²) in [6, 6.07) is 15.2. The highest BCUT2D eigenvalue weighted by Gasteiger charge is 2.44. The molecule has 4 rings (SSSR count). The third kappa shape index (κ3) is 2.15. The van der Waals surface area contributed by atoms with Crippen LogP contribution in [-0.2, 0) is 5.41 Å². The molecule has 0 N–H and O–H groups in total. The molecule has 2 atom stereocenters. The maximum Gasteiger partial charge on any atom is 0.126 e. The number of methoxy groups -OCH3 is 1. The molecule has 122 valence electrons. The van der Waals surface area contributed by atoms with Crippen molar-refractivity contribution < 1.29 is 4.74 Å². The van der Waals surface area contributed by atoms with Gasteiger partial charge in [0.1, 0.15) is 5.75 Å². The van der Waals surface area contributed by atoms with Crippen LogP contribution in [0.2, 0.25) is 0 Å². The van der Waals surface area contributed by atoms with Crippen molar-refractivity contribution in [3.8, 4) is 16.9 Å². The predicted molar refractivity (Wildman–Crippen MR) is 101 cm³/mol. The number of benzene rings is 2. The molecule has 0 saturated heterocycles. The predicted octanol–water partition coefficient (Wildman–Crippen LogP) is 5.87. The molecule has 0 aromatic heterocycles. The maximum absolute atomic E-state index is 5.56. The summed E-state index contributed by atoms with van der Waals surface area (Å²) in [6.07, 6.45) is 7.11. The van der Waals surface area contributed by atoms with Crippen molar-refractivity contribution in [2.45, 2.75) is 32.1 Å². The van der Waals surface area contributed by atoms with Crippen LogP contribution in [0.3, 0.4) is 0 Å². The van der Waals surface area contributed by atoms with Gasteiger partial charge in [0, 0.05) is 11.5 Å². The minimum Gasteiger partial charge on any atom is -0.496 e. The van der Waals surface area contributed by atoms with Crippen LogP contribution in [0.5, 0.6) is 5.75 Å². The van der Waals surface area contributed by atoms with Crippen LogP contribution in [0.4, 0.5) is 0 Å². The van der Waals surface area contributed by atoms with Gasteiger partial charge < -0.3 is 4.74 Å². The Morgan fingerprint density at radius 3 is 2.62 bits per heavy atom. The first-order valence-electron chi connectivity index (χ1n) is 8.67. The maximum atomic E-state index is 5.56. The van der Waals surface area contributed by atoms with Crippen LogP contribution in [0.15, 0.2) is 66.3 Å². The summed E-state index contributed by atoms with van der Waals surface area (Å²) >= 11 is 0. The van der Waals surface area contributed by atoms with Crippen LogP contribution in [-0.4, -0.2) is 7.11 Å². The van der Waals surface area contributed by atoms with Gasteiger partial charge in [-0.1, -0.05) is 74.0 Å². The van der Waals surface area contributed by atoms with Gasteiger partial charge in [-0.2, -0.15) is 0 Å².